The second-order valence-corrected chi connectivity index (χ2v) is 5.07. The molecule has 1 rings (SSSR count). The number of nitrogens with zero attached hydrogens (tertiary/aromatic N) is 2. The van der Waals surface area contributed by atoms with E-state index in [1.165, 1.54) is 0 Å². The highest BCUT2D eigenvalue weighted by Crippen LogP contribution is 2.15. The first-order valence-corrected chi connectivity index (χ1v) is 6.41. The van der Waals surface area contributed by atoms with Gasteiger partial charge < -0.3 is 5.32 Å². The van der Waals surface area contributed by atoms with E-state index in [1.807, 2.05) is 10.9 Å². The number of halogens is 1. The van der Waals surface area contributed by atoms with Gasteiger partial charge in [-0.1, -0.05) is 38.8 Å². The van der Waals surface area contributed by atoms with Crippen molar-refractivity contribution in [1.29, 1.82) is 0 Å². The van der Waals surface area contributed by atoms with Crippen molar-refractivity contribution in [2.24, 2.45) is 5.92 Å². The van der Waals surface area contributed by atoms with Gasteiger partial charge in [0.1, 0.15) is 0 Å². The fourth-order valence-electron chi connectivity index (χ4n) is 1.71. The van der Waals surface area contributed by atoms with Gasteiger partial charge in [-0.15, -0.1) is 0 Å². The summed E-state index contributed by atoms with van der Waals surface area (Å²) in [7, 11) is 0. The van der Waals surface area contributed by atoms with Crippen LogP contribution < -0.4 is 5.32 Å². The average molecular weight is 244 g/mol. The van der Waals surface area contributed by atoms with Crippen LogP contribution in [0.2, 0.25) is 5.02 Å². The lowest BCUT2D eigenvalue weighted by atomic mass is 10.1. The number of nitrogens with one attached hydrogen (secondary N) is 1. The second kappa shape index (κ2) is 6.92. The van der Waals surface area contributed by atoms with E-state index in [0.717, 1.165) is 25.9 Å². The lowest BCUT2D eigenvalue weighted by molar-refractivity contribution is 0.385. The Morgan fingerprint density at radius 3 is 2.69 bits per heavy atom. The van der Waals surface area contributed by atoms with E-state index in [4.69, 9.17) is 11.6 Å². The Kier molecular flexibility index (Phi) is 5.85. The van der Waals surface area contributed by atoms with Crippen LogP contribution in [-0.4, -0.2) is 22.9 Å². The molecule has 1 aromatic rings. The Morgan fingerprint density at radius 1 is 1.44 bits per heavy atom. The van der Waals surface area contributed by atoms with Gasteiger partial charge in [-0.25, -0.2) is 0 Å². The van der Waals surface area contributed by atoms with Gasteiger partial charge in [-0.3, -0.25) is 4.68 Å². The van der Waals surface area contributed by atoms with E-state index in [9.17, 15) is 0 Å². The summed E-state index contributed by atoms with van der Waals surface area (Å²) in [5.74, 6) is 0.684. The number of aromatic nitrogens is 2. The highest BCUT2D eigenvalue weighted by atomic mass is 35.5. The van der Waals surface area contributed by atoms with Crippen molar-refractivity contribution >= 4 is 11.6 Å². The molecule has 0 saturated heterocycles. The minimum absolute atomic E-state index is 0.413. The van der Waals surface area contributed by atoms with E-state index in [2.05, 4.69) is 31.2 Å². The minimum atomic E-state index is 0.413. The quantitative estimate of drug-likeness (QED) is 0.798. The van der Waals surface area contributed by atoms with Crippen LogP contribution in [0, 0.1) is 5.92 Å². The van der Waals surface area contributed by atoms with Crippen molar-refractivity contribution in [3.63, 3.8) is 0 Å². The molecule has 0 aliphatic carbocycles. The first-order valence-electron chi connectivity index (χ1n) is 6.03. The minimum Gasteiger partial charge on any atom is -0.314 e. The van der Waals surface area contributed by atoms with Gasteiger partial charge >= 0.3 is 0 Å². The molecule has 0 bridgehead atoms. The Labute approximate surface area is 103 Å². The third kappa shape index (κ3) is 4.54. The van der Waals surface area contributed by atoms with Crippen molar-refractivity contribution in [3.05, 3.63) is 17.4 Å². The van der Waals surface area contributed by atoms with Crippen molar-refractivity contribution in [2.45, 2.75) is 39.7 Å². The summed E-state index contributed by atoms with van der Waals surface area (Å²) in [6, 6.07) is 0.413. The van der Waals surface area contributed by atoms with Gasteiger partial charge in [0.2, 0.25) is 0 Å². The highest BCUT2D eigenvalue weighted by molar-refractivity contribution is 6.30. The lowest BCUT2D eigenvalue weighted by Gasteiger charge is -2.18. The van der Waals surface area contributed by atoms with E-state index in [-0.39, 0.29) is 0 Å². The van der Waals surface area contributed by atoms with Crippen LogP contribution in [0.15, 0.2) is 12.4 Å². The topological polar surface area (TPSA) is 29.9 Å². The smallest absolute Gasteiger partial charge is 0.0785 e. The zero-order valence-electron chi connectivity index (χ0n) is 10.4. The molecular weight excluding hydrogens is 222 g/mol. The van der Waals surface area contributed by atoms with E-state index in [0.29, 0.717) is 17.0 Å². The predicted molar refractivity (Wildman–Crippen MR) is 68.9 cm³/mol. The fraction of sp³-hybridized carbons (Fsp3) is 0.750. The summed E-state index contributed by atoms with van der Waals surface area (Å²) in [6.45, 7) is 8.64. The normalized spacial score (nSPS) is 13.3. The standard InChI is InChI=1S/C12H22ClN3/c1-4-5-12(8-14-6-10(2)3)16-9-11(13)7-15-16/h7,9-10,12,14H,4-6,8H2,1-3H3. The van der Waals surface area contributed by atoms with Crippen LogP contribution >= 0.6 is 11.6 Å². The molecule has 1 aromatic heterocycles. The first-order chi connectivity index (χ1) is 7.63. The summed E-state index contributed by atoms with van der Waals surface area (Å²) in [5.41, 5.74) is 0. The molecule has 0 radical (unpaired) electrons. The SMILES string of the molecule is CCCC(CNCC(C)C)n1cc(Cl)cn1. The summed E-state index contributed by atoms with van der Waals surface area (Å²) >= 11 is 5.89. The van der Waals surface area contributed by atoms with Gasteiger partial charge in [0.15, 0.2) is 0 Å². The molecule has 1 heterocycles. The molecule has 1 unspecified atom stereocenters. The third-order valence-corrected chi connectivity index (χ3v) is 2.69. The monoisotopic (exact) mass is 243 g/mol. The van der Waals surface area contributed by atoms with Crippen LogP contribution in [0.3, 0.4) is 0 Å². The Morgan fingerprint density at radius 2 is 2.19 bits per heavy atom. The average Bonchev–Trinajstić information content (AvgIpc) is 2.63. The largest absolute Gasteiger partial charge is 0.314 e. The Balaban J connectivity index is 2.47. The van der Waals surface area contributed by atoms with E-state index in [1.54, 1.807) is 6.20 Å². The molecule has 92 valence electrons. The predicted octanol–water partition coefficient (Wildman–Crippen LogP) is 3.12. The highest BCUT2D eigenvalue weighted by Gasteiger charge is 2.10. The maximum Gasteiger partial charge on any atom is 0.0785 e. The Bertz CT molecular complexity index is 296. The maximum absolute atomic E-state index is 5.89. The zero-order valence-corrected chi connectivity index (χ0v) is 11.2. The molecule has 0 aromatic carbocycles. The fourth-order valence-corrected chi connectivity index (χ4v) is 1.86. The van der Waals surface area contributed by atoms with Crippen molar-refractivity contribution < 1.29 is 0 Å². The molecular formula is C12H22ClN3. The summed E-state index contributed by atoms with van der Waals surface area (Å²) < 4.78 is 1.97. The lowest BCUT2D eigenvalue weighted by Crippen LogP contribution is -2.28. The number of rotatable bonds is 7. The van der Waals surface area contributed by atoms with Gasteiger partial charge in [0, 0.05) is 12.7 Å². The maximum atomic E-state index is 5.89. The van der Waals surface area contributed by atoms with E-state index >= 15 is 0 Å². The molecule has 0 aliphatic heterocycles. The second-order valence-electron chi connectivity index (χ2n) is 4.63. The van der Waals surface area contributed by atoms with E-state index < -0.39 is 0 Å². The van der Waals surface area contributed by atoms with Crippen LogP contribution in [0.5, 0.6) is 0 Å². The third-order valence-electron chi connectivity index (χ3n) is 2.50. The van der Waals surface area contributed by atoms with Crippen LogP contribution in [0.25, 0.3) is 0 Å². The van der Waals surface area contributed by atoms with Crippen molar-refractivity contribution in [1.82, 2.24) is 15.1 Å². The molecule has 0 fully saturated rings. The van der Waals surface area contributed by atoms with Crippen molar-refractivity contribution in [2.75, 3.05) is 13.1 Å². The molecule has 0 saturated carbocycles. The zero-order chi connectivity index (χ0) is 12.0. The van der Waals surface area contributed by atoms with Gasteiger partial charge in [-0.2, -0.15) is 5.10 Å². The van der Waals surface area contributed by atoms with Gasteiger partial charge in [0.05, 0.1) is 17.3 Å². The van der Waals surface area contributed by atoms with Gasteiger partial charge in [0.25, 0.3) is 0 Å². The first kappa shape index (κ1) is 13.5. The van der Waals surface area contributed by atoms with Crippen LogP contribution in [0.1, 0.15) is 39.7 Å². The molecule has 4 heteroatoms. The van der Waals surface area contributed by atoms with Gasteiger partial charge in [-0.05, 0) is 18.9 Å². The number of hydrogen-bond donors (Lipinski definition) is 1. The van der Waals surface area contributed by atoms with Crippen molar-refractivity contribution in [3.8, 4) is 0 Å². The molecule has 0 spiro atoms. The molecule has 16 heavy (non-hydrogen) atoms. The summed E-state index contributed by atoms with van der Waals surface area (Å²) in [5, 5.41) is 8.46. The summed E-state index contributed by atoms with van der Waals surface area (Å²) in [4.78, 5) is 0. The molecule has 3 nitrogen and oxygen atoms in total. The van der Waals surface area contributed by atoms with Crippen LogP contribution in [-0.2, 0) is 0 Å². The summed E-state index contributed by atoms with van der Waals surface area (Å²) in [6.07, 6.45) is 5.89. The Hall–Kier alpha value is -0.540. The molecule has 1 atom stereocenters. The molecule has 0 amide bonds. The molecule has 0 aliphatic rings. The molecule has 1 N–H and O–H groups in total. The van der Waals surface area contributed by atoms with Crippen LogP contribution in [0.4, 0.5) is 0 Å². The number of hydrogen-bond acceptors (Lipinski definition) is 2.